The monoisotopic (exact) mass is 315 g/mol. The van der Waals surface area contributed by atoms with Crippen LogP contribution in [0.25, 0.3) is 10.9 Å². The van der Waals surface area contributed by atoms with Crippen LogP contribution in [0.4, 0.5) is 0 Å². The highest BCUT2D eigenvalue weighted by Crippen LogP contribution is 2.26. The predicted molar refractivity (Wildman–Crippen MR) is 92.2 cm³/mol. The van der Waals surface area contributed by atoms with Crippen LogP contribution in [0, 0.1) is 12.8 Å². The van der Waals surface area contributed by atoms with E-state index in [4.69, 9.17) is 4.74 Å². The molecule has 124 valence electrons. The number of aromatic nitrogens is 1. The first-order valence-electron chi connectivity index (χ1n) is 8.53. The molecule has 2 heterocycles. The molecule has 2 aromatic rings. The van der Waals surface area contributed by atoms with Crippen molar-refractivity contribution in [3.05, 3.63) is 29.5 Å². The normalized spacial score (nSPS) is 25.0. The number of carbonyl (C=O) groups excluding carboxylic acids is 1. The Bertz CT molecular complexity index is 719. The summed E-state index contributed by atoms with van der Waals surface area (Å²) in [5.41, 5.74) is 3.79. The second-order valence-electron chi connectivity index (χ2n) is 6.84. The number of aryl methyl sites for hydroxylation is 1. The first-order valence-corrected chi connectivity index (χ1v) is 8.53. The van der Waals surface area contributed by atoms with Gasteiger partial charge in [0.15, 0.2) is 0 Å². The Morgan fingerprint density at radius 1 is 1.35 bits per heavy atom. The fourth-order valence-corrected chi connectivity index (χ4v) is 3.82. The van der Waals surface area contributed by atoms with Gasteiger partial charge in [0.1, 0.15) is 11.5 Å². The number of Topliss-reactive ketones (excluding diaryl/α,β-unsaturated/α-hetero) is 1. The Labute approximate surface area is 137 Å². The maximum atomic E-state index is 11.9. The van der Waals surface area contributed by atoms with Gasteiger partial charge in [0.05, 0.1) is 38.6 Å². The van der Waals surface area contributed by atoms with Gasteiger partial charge in [-0.25, -0.2) is 0 Å². The first kappa shape index (κ1) is 16.1. The molecule has 1 aromatic heterocycles. The summed E-state index contributed by atoms with van der Waals surface area (Å²) in [4.78, 5) is 16.9. The van der Waals surface area contributed by atoms with Crippen molar-refractivity contribution < 1.29 is 14.4 Å². The van der Waals surface area contributed by atoms with E-state index < -0.39 is 0 Å². The molecule has 1 saturated heterocycles. The van der Waals surface area contributed by atoms with E-state index in [9.17, 15) is 4.79 Å². The Balaban J connectivity index is 1.79. The highest BCUT2D eigenvalue weighted by atomic mass is 16.5. The second-order valence-corrected chi connectivity index (χ2v) is 6.84. The third-order valence-corrected chi connectivity index (χ3v) is 5.62. The van der Waals surface area contributed by atoms with Crippen LogP contribution in [0.3, 0.4) is 0 Å². The van der Waals surface area contributed by atoms with Crippen LogP contribution >= 0.6 is 0 Å². The maximum absolute atomic E-state index is 11.9. The summed E-state index contributed by atoms with van der Waals surface area (Å²) >= 11 is 0. The second kappa shape index (κ2) is 6.36. The van der Waals surface area contributed by atoms with Crippen LogP contribution in [-0.4, -0.2) is 37.0 Å². The van der Waals surface area contributed by atoms with Crippen molar-refractivity contribution in [2.45, 2.75) is 39.7 Å². The number of methoxy groups -OCH3 is 1. The van der Waals surface area contributed by atoms with Gasteiger partial charge in [-0.15, -0.1) is 0 Å². The highest BCUT2D eigenvalue weighted by Gasteiger charge is 2.33. The van der Waals surface area contributed by atoms with Gasteiger partial charge in [0.2, 0.25) is 0 Å². The number of piperidine rings is 1. The van der Waals surface area contributed by atoms with E-state index in [-0.39, 0.29) is 5.92 Å². The average Bonchev–Trinajstić information content (AvgIpc) is 2.86. The fraction of sp³-hybridized carbons (Fsp3) is 0.526. The van der Waals surface area contributed by atoms with Crippen molar-refractivity contribution in [1.29, 1.82) is 0 Å². The van der Waals surface area contributed by atoms with E-state index in [1.165, 1.54) is 22.2 Å². The SMILES string of the molecule is COc1ccc2[nH]c(C)c(CC[NH+]3CCC(=O)[C@H](C)[C@H]3C)c2c1. The lowest BCUT2D eigenvalue weighted by Gasteiger charge is -2.33. The van der Waals surface area contributed by atoms with Gasteiger partial charge in [-0.1, -0.05) is 0 Å². The summed E-state index contributed by atoms with van der Waals surface area (Å²) in [7, 11) is 1.71. The lowest BCUT2D eigenvalue weighted by molar-refractivity contribution is -0.928. The molecular formula is C19H27N2O2+. The largest absolute Gasteiger partial charge is 0.497 e. The van der Waals surface area contributed by atoms with E-state index in [0.29, 0.717) is 11.8 Å². The molecule has 1 aromatic carbocycles. The van der Waals surface area contributed by atoms with Crippen LogP contribution < -0.4 is 9.64 Å². The summed E-state index contributed by atoms with van der Waals surface area (Å²) in [6.45, 7) is 8.47. The third kappa shape index (κ3) is 3.00. The zero-order chi connectivity index (χ0) is 16.6. The Hall–Kier alpha value is -1.81. The molecule has 1 aliphatic heterocycles. The van der Waals surface area contributed by atoms with Crippen molar-refractivity contribution in [3.8, 4) is 5.75 Å². The first-order chi connectivity index (χ1) is 11.0. The van der Waals surface area contributed by atoms with E-state index in [2.05, 4.69) is 37.9 Å². The summed E-state index contributed by atoms with van der Waals surface area (Å²) in [5, 5.41) is 1.26. The summed E-state index contributed by atoms with van der Waals surface area (Å²) < 4.78 is 5.37. The molecule has 0 spiro atoms. The van der Waals surface area contributed by atoms with Crippen LogP contribution in [0.15, 0.2) is 18.2 Å². The molecule has 0 saturated carbocycles. The van der Waals surface area contributed by atoms with Crippen molar-refractivity contribution >= 4 is 16.7 Å². The number of hydrogen-bond donors (Lipinski definition) is 2. The number of carbonyl (C=O) groups is 1. The molecule has 2 N–H and O–H groups in total. The average molecular weight is 315 g/mol. The fourth-order valence-electron chi connectivity index (χ4n) is 3.82. The van der Waals surface area contributed by atoms with Crippen LogP contribution in [0.1, 0.15) is 31.5 Å². The number of likely N-dealkylation sites (tertiary alicyclic amines) is 1. The molecule has 1 unspecified atom stereocenters. The number of aromatic amines is 1. The molecule has 1 fully saturated rings. The van der Waals surface area contributed by atoms with Gasteiger partial charge in [0.25, 0.3) is 0 Å². The number of ether oxygens (including phenoxy) is 1. The van der Waals surface area contributed by atoms with Crippen LogP contribution in [0.5, 0.6) is 5.75 Å². The lowest BCUT2D eigenvalue weighted by Crippen LogP contribution is -3.17. The highest BCUT2D eigenvalue weighted by molar-refractivity contribution is 5.86. The van der Waals surface area contributed by atoms with Crippen molar-refractivity contribution in [2.75, 3.05) is 20.2 Å². The number of ketones is 1. The van der Waals surface area contributed by atoms with E-state index in [0.717, 1.165) is 31.7 Å². The zero-order valence-electron chi connectivity index (χ0n) is 14.5. The smallest absolute Gasteiger partial charge is 0.147 e. The minimum Gasteiger partial charge on any atom is -0.497 e. The number of fused-ring (bicyclic) bond motifs is 1. The van der Waals surface area contributed by atoms with Gasteiger partial charge < -0.3 is 14.6 Å². The summed E-state index contributed by atoms with van der Waals surface area (Å²) in [6.07, 6.45) is 1.75. The molecule has 0 radical (unpaired) electrons. The van der Waals surface area contributed by atoms with Crippen molar-refractivity contribution in [3.63, 3.8) is 0 Å². The minimum atomic E-state index is 0.183. The molecule has 0 bridgehead atoms. The predicted octanol–water partition coefficient (Wildman–Crippen LogP) is 1.91. The summed E-state index contributed by atoms with van der Waals surface area (Å²) in [6, 6.07) is 6.61. The molecule has 1 aliphatic rings. The Morgan fingerprint density at radius 2 is 2.13 bits per heavy atom. The van der Waals surface area contributed by atoms with E-state index >= 15 is 0 Å². The summed E-state index contributed by atoms with van der Waals surface area (Å²) in [5.74, 6) is 1.51. The zero-order valence-corrected chi connectivity index (χ0v) is 14.5. The van der Waals surface area contributed by atoms with E-state index in [1.54, 1.807) is 12.0 Å². The van der Waals surface area contributed by atoms with Crippen molar-refractivity contribution in [1.82, 2.24) is 4.98 Å². The number of benzene rings is 1. The molecule has 3 atom stereocenters. The minimum absolute atomic E-state index is 0.183. The lowest BCUT2D eigenvalue weighted by atomic mass is 9.90. The number of nitrogens with one attached hydrogen (secondary N) is 2. The van der Waals surface area contributed by atoms with Crippen LogP contribution in [0.2, 0.25) is 0 Å². The molecular weight excluding hydrogens is 288 g/mol. The Morgan fingerprint density at radius 3 is 2.87 bits per heavy atom. The van der Waals surface area contributed by atoms with E-state index in [1.807, 2.05) is 6.07 Å². The van der Waals surface area contributed by atoms with Gasteiger partial charge in [-0.2, -0.15) is 0 Å². The van der Waals surface area contributed by atoms with Crippen LogP contribution in [-0.2, 0) is 11.2 Å². The molecule has 0 amide bonds. The van der Waals surface area contributed by atoms with Gasteiger partial charge in [0, 0.05) is 23.0 Å². The van der Waals surface area contributed by atoms with Gasteiger partial charge in [-0.05, 0) is 44.5 Å². The molecule has 0 aliphatic carbocycles. The number of hydrogen-bond acceptors (Lipinski definition) is 2. The van der Waals surface area contributed by atoms with Crippen molar-refractivity contribution in [2.24, 2.45) is 5.92 Å². The quantitative estimate of drug-likeness (QED) is 0.905. The molecule has 23 heavy (non-hydrogen) atoms. The van der Waals surface area contributed by atoms with Gasteiger partial charge in [-0.3, -0.25) is 4.79 Å². The molecule has 4 heteroatoms. The topological polar surface area (TPSA) is 46.5 Å². The maximum Gasteiger partial charge on any atom is 0.147 e. The standard InChI is InChI=1S/C19H26N2O2/c1-12-14(3)21(10-8-19(12)22)9-7-16-13(2)20-18-6-5-15(23-4)11-17(16)18/h5-6,11-12,14,20H,7-10H2,1-4H3/p+1/t12-,14-/m1/s1. The number of rotatable bonds is 4. The molecule has 4 nitrogen and oxygen atoms in total. The number of quaternary nitrogens is 1. The molecule has 3 rings (SSSR count). The Kier molecular flexibility index (Phi) is 4.44. The van der Waals surface area contributed by atoms with Gasteiger partial charge >= 0.3 is 0 Å². The number of H-pyrrole nitrogens is 1. The third-order valence-electron chi connectivity index (χ3n) is 5.62.